The second-order valence-corrected chi connectivity index (χ2v) is 13.1. The van der Waals surface area contributed by atoms with Crippen LogP contribution in [-0.2, 0) is 26.0 Å². The van der Waals surface area contributed by atoms with Gasteiger partial charge in [-0.25, -0.2) is 22.6 Å². The SMILES string of the molecule is CS(=O)(=O)N1CCN(Cc2cnn3c(-c4cccc5c4cnn5C4CCCCO4)cc(N4CCOCC4)nc23)CC1. The molecule has 0 bridgehead atoms. The molecular weight excluding hydrogens is 544 g/mol. The van der Waals surface area contributed by atoms with Crippen LogP contribution < -0.4 is 4.90 Å². The van der Waals surface area contributed by atoms with Crippen molar-refractivity contribution >= 4 is 32.4 Å². The van der Waals surface area contributed by atoms with E-state index in [-0.39, 0.29) is 6.23 Å². The van der Waals surface area contributed by atoms with Gasteiger partial charge in [0, 0.05) is 75.0 Å². The summed E-state index contributed by atoms with van der Waals surface area (Å²) in [5.74, 6) is 0.902. The topological polar surface area (TPSA) is 110 Å². The van der Waals surface area contributed by atoms with Gasteiger partial charge >= 0.3 is 0 Å². The number of morpholine rings is 1. The van der Waals surface area contributed by atoms with Crippen molar-refractivity contribution < 1.29 is 17.9 Å². The highest BCUT2D eigenvalue weighted by atomic mass is 32.2. The van der Waals surface area contributed by atoms with Crippen molar-refractivity contribution in [2.45, 2.75) is 32.0 Å². The third-order valence-electron chi connectivity index (χ3n) is 8.41. The molecule has 3 aliphatic heterocycles. The molecule has 41 heavy (non-hydrogen) atoms. The molecule has 3 aliphatic rings. The van der Waals surface area contributed by atoms with Crippen LogP contribution in [0.5, 0.6) is 0 Å². The van der Waals surface area contributed by atoms with E-state index < -0.39 is 10.0 Å². The van der Waals surface area contributed by atoms with Gasteiger partial charge in [-0.2, -0.15) is 14.5 Å². The number of fused-ring (bicyclic) bond motifs is 2. The van der Waals surface area contributed by atoms with E-state index in [9.17, 15) is 8.42 Å². The number of aromatic nitrogens is 5. The van der Waals surface area contributed by atoms with Crippen LogP contribution in [0.15, 0.2) is 36.7 Å². The molecule has 6 heterocycles. The fraction of sp³-hybridized carbons (Fsp3) is 0.536. The van der Waals surface area contributed by atoms with Gasteiger partial charge < -0.3 is 14.4 Å². The lowest BCUT2D eigenvalue weighted by Crippen LogP contribution is -2.47. The molecule has 0 saturated carbocycles. The van der Waals surface area contributed by atoms with E-state index in [1.165, 1.54) is 6.26 Å². The molecule has 1 unspecified atom stereocenters. The number of rotatable bonds is 6. The highest BCUT2D eigenvalue weighted by molar-refractivity contribution is 7.88. The Bertz CT molecular complexity index is 1650. The predicted octanol–water partition coefficient (Wildman–Crippen LogP) is 2.36. The average Bonchev–Trinajstić information content (AvgIpc) is 3.62. The molecule has 218 valence electrons. The lowest BCUT2D eigenvalue weighted by Gasteiger charge is -2.33. The first-order valence-electron chi connectivity index (χ1n) is 14.4. The molecule has 3 aromatic heterocycles. The van der Waals surface area contributed by atoms with E-state index in [1.807, 2.05) is 21.6 Å². The van der Waals surface area contributed by atoms with Gasteiger partial charge in [0.05, 0.1) is 43.1 Å². The quantitative estimate of drug-likeness (QED) is 0.339. The number of hydrogen-bond acceptors (Lipinski definition) is 9. The van der Waals surface area contributed by atoms with Crippen molar-refractivity contribution in [1.29, 1.82) is 0 Å². The molecule has 13 heteroatoms. The van der Waals surface area contributed by atoms with Gasteiger partial charge in [-0.3, -0.25) is 4.90 Å². The molecule has 1 aromatic carbocycles. The maximum Gasteiger partial charge on any atom is 0.211 e. The van der Waals surface area contributed by atoms with Gasteiger partial charge in [-0.1, -0.05) is 12.1 Å². The lowest BCUT2D eigenvalue weighted by molar-refractivity contribution is -0.0366. The molecule has 7 rings (SSSR count). The van der Waals surface area contributed by atoms with E-state index in [0.717, 1.165) is 78.1 Å². The smallest absolute Gasteiger partial charge is 0.211 e. The van der Waals surface area contributed by atoms with Gasteiger partial charge in [0.25, 0.3) is 0 Å². The second-order valence-electron chi connectivity index (χ2n) is 11.1. The first-order chi connectivity index (χ1) is 20.0. The van der Waals surface area contributed by atoms with Crippen LogP contribution in [0.25, 0.3) is 27.8 Å². The van der Waals surface area contributed by atoms with Crippen LogP contribution in [0.3, 0.4) is 0 Å². The molecule has 3 fully saturated rings. The van der Waals surface area contributed by atoms with Gasteiger partial charge in [0.15, 0.2) is 11.9 Å². The monoisotopic (exact) mass is 580 g/mol. The maximum absolute atomic E-state index is 12.0. The average molecular weight is 581 g/mol. The van der Waals surface area contributed by atoms with Crippen molar-refractivity contribution in [3.63, 3.8) is 0 Å². The molecule has 0 spiro atoms. The second kappa shape index (κ2) is 11.0. The highest BCUT2D eigenvalue weighted by Gasteiger charge is 2.26. The summed E-state index contributed by atoms with van der Waals surface area (Å²) in [7, 11) is -3.18. The van der Waals surface area contributed by atoms with E-state index in [1.54, 1.807) is 4.31 Å². The fourth-order valence-corrected chi connectivity index (χ4v) is 6.98. The third kappa shape index (κ3) is 5.21. The van der Waals surface area contributed by atoms with Gasteiger partial charge in [-0.05, 0) is 25.3 Å². The number of sulfonamides is 1. The van der Waals surface area contributed by atoms with Crippen molar-refractivity contribution in [2.24, 2.45) is 0 Å². The Hall–Kier alpha value is -3.10. The number of benzene rings is 1. The van der Waals surface area contributed by atoms with Crippen molar-refractivity contribution in [3.05, 3.63) is 42.2 Å². The van der Waals surface area contributed by atoms with Crippen molar-refractivity contribution in [1.82, 2.24) is 33.6 Å². The number of piperazine rings is 1. The molecule has 0 amide bonds. The molecule has 4 aromatic rings. The largest absolute Gasteiger partial charge is 0.378 e. The van der Waals surface area contributed by atoms with E-state index in [0.29, 0.717) is 45.9 Å². The number of ether oxygens (including phenoxy) is 2. The summed E-state index contributed by atoms with van der Waals surface area (Å²) in [6, 6.07) is 8.43. The van der Waals surface area contributed by atoms with Gasteiger partial charge in [0.1, 0.15) is 5.82 Å². The summed E-state index contributed by atoms with van der Waals surface area (Å²) >= 11 is 0. The van der Waals surface area contributed by atoms with Crippen LogP contribution in [0.4, 0.5) is 5.82 Å². The molecule has 0 N–H and O–H groups in total. The molecule has 3 saturated heterocycles. The summed E-state index contributed by atoms with van der Waals surface area (Å²) in [4.78, 5) is 9.67. The van der Waals surface area contributed by atoms with E-state index in [4.69, 9.17) is 24.7 Å². The minimum Gasteiger partial charge on any atom is -0.378 e. The summed E-state index contributed by atoms with van der Waals surface area (Å²) in [5.41, 5.74) is 4.88. The highest BCUT2D eigenvalue weighted by Crippen LogP contribution is 2.34. The molecule has 0 aliphatic carbocycles. The molecule has 12 nitrogen and oxygen atoms in total. The van der Waals surface area contributed by atoms with Crippen LogP contribution in [-0.4, -0.2) is 107 Å². The molecule has 0 radical (unpaired) electrons. The van der Waals surface area contributed by atoms with Gasteiger partial charge in [-0.15, -0.1) is 0 Å². The standard InChI is InChI=1S/C28H36N8O4S/c1-41(37,38)34-10-8-32(9-11-34)20-21-18-29-36-25(17-26(31-28(21)36)33-12-15-39-16-13-33)22-5-4-6-24-23(22)19-30-35(24)27-7-2-3-14-40-27/h4-6,17-19,27H,2-3,7-16,20H2,1H3. The zero-order chi connectivity index (χ0) is 28.0. The Labute approximate surface area is 239 Å². The number of nitrogens with zero attached hydrogens (tertiary/aromatic N) is 8. The fourth-order valence-electron chi connectivity index (χ4n) is 6.15. The Morgan fingerprint density at radius 2 is 1.80 bits per heavy atom. The lowest BCUT2D eigenvalue weighted by atomic mass is 10.1. The first-order valence-corrected chi connectivity index (χ1v) is 16.3. The maximum atomic E-state index is 12.0. The van der Waals surface area contributed by atoms with Crippen LogP contribution >= 0.6 is 0 Å². The van der Waals surface area contributed by atoms with Crippen molar-refractivity contribution in [2.75, 3.05) is 70.2 Å². The van der Waals surface area contributed by atoms with Crippen molar-refractivity contribution in [3.8, 4) is 11.3 Å². The zero-order valence-electron chi connectivity index (χ0n) is 23.4. The number of anilines is 1. The minimum atomic E-state index is -3.18. The van der Waals surface area contributed by atoms with E-state index >= 15 is 0 Å². The van der Waals surface area contributed by atoms with Crippen LogP contribution in [0, 0.1) is 0 Å². The Morgan fingerprint density at radius 1 is 0.976 bits per heavy atom. The minimum absolute atomic E-state index is 0.0441. The third-order valence-corrected chi connectivity index (χ3v) is 9.71. The molecular formula is C28H36N8O4S. The Balaban J connectivity index is 1.28. The predicted molar refractivity (Wildman–Crippen MR) is 155 cm³/mol. The Kier molecular flexibility index (Phi) is 7.15. The zero-order valence-corrected chi connectivity index (χ0v) is 24.2. The summed E-state index contributed by atoms with van der Waals surface area (Å²) in [6.45, 7) is 6.64. The van der Waals surface area contributed by atoms with Crippen LogP contribution in [0.1, 0.15) is 31.1 Å². The van der Waals surface area contributed by atoms with E-state index in [2.05, 4.69) is 34.1 Å². The van der Waals surface area contributed by atoms with Crippen LogP contribution in [0.2, 0.25) is 0 Å². The molecule has 1 atom stereocenters. The first kappa shape index (κ1) is 26.8. The summed E-state index contributed by atoms with van der Waals surface area (Å²) in [6.07, 6.45) is 8.26. The Morgan fingerprint density at radius 3 is 2.56 bits per heavy atom. The normalized spacial score (nSPS) is 21.7. The summed E-state index contributed by atoms with van der Waals surface area (Å²) < 4.78 is 41.2. The number of hydrogen-bond donors (Lipinski definition) is 0. The summed E-state index contributed by atoms with van der Waals surface area (Å²) in [5, 5.41) is 10.7. The van der Waals surface area contributed by atoms with Gasteiger partial charge in [0.2, 0.25) is 10.0 Å².